The summed E-state index contributed by atoms with van der Waals surface area (Å²) in [7, 11) is -7.15. The first kappa shape index (κ1) is 18.0. The van der Waals surface area contributed by atoms with E-state index >= 15 is 0 Å². The molecule has 9 heteroatoms. The topological polar surface area (TPSA) is 71.5 Å². The highest BCUT2D eigenvalue weighted by molar-refractivity contribution is 7.92. The Morgan fingerprint density at radius 3 is 2.32 bits per heavy atom. The summed E-state index contributed by atoms with van der Waals surface area (Å²) in [6, 6.07) is 3.90. The van der Waals surface area contributed by atoms with Crippen LogP contribution in [0.25, 0.3) is 0 Å². The van der Waals surface area contributed by atoms with Gasteiger partial charge in [0.2, 0.25) is 10.0 Å². The van der Waals surface area contributed by atoms with E-state index in [0.29, 0.717) is 12.8 Å². The molecule has 1 aliphatic heterocycles. The number of halogens is 2. The van der Waals surface area contributed by atoms with Crippen LogP contribution in [-0.2, 0) is 19.9 Å². The predicted molar refractivity (Wildman–Crippen MR) is 87.7 cm³/mol. The third-order valence-corrected chi connectivity index (χ3v) is 8.20. The SMILES string of the molecule is CCCN(C1CCS(=O)(=O)C1)S(=O)(=O)c1c(Cl)cccc1Cl. The van der Waals surface area contributed by atoms with Crippen molar-refractivity contribution < 1.29 is 16.8 Å². The molecule has 1 atom stereocenters. The Morgan fingerprint density at radius 1 is 1.27 bits per heavy atom. The molecule has 2 rings (SSSR count). The van der Waals surface area contributed by atoms with E-state index in [9.17, 15) is 16.8 Å². The largest absolute Gasteiger partial charge is 0.246 e. The standard InChI is InChI=1S/C13H17Cl2NO4S2/c1-2-7-16(10-6-8-21(17,18)9-10)22(19,20)13-11(14)4-3-5-12(13)15/h3-5,10H,2,6-9H2,1H3. The minimum Gasteiger partial charge on any atom is -0.229 e. The van der Waals surface area contributed by atoms with Gasteiger partial charge in [-0.25, -0.2) is 16.8 Å². The lowest BCUT2D eigenvalue weighted by Gasteiger charge is -2.27. The summed E-state index contributed by atoms with van der Waals surface area (Å²) >= 11 is 12.0. The van der Waals surface area contributed by atoms with Gasteiger partial charge in [-0.1, -0.05) is 36.2 Å². The quantitative estimate of drug-likeness (QED) is 0.780. The summed E-state index contributed by atoms with van der Waals surface area (Å²) in [6.45, 7) is 2.06. The lowest BCUT2D eigenvalue weighted by Crippen LogP contribution is -2.41. The molecular formula is C13H17Cl2NO4S2. The zero-order chi connectivity index (χ0) is 16.5. The lowest BCUT2D eigenvalue weighted by atomic mass is 10.2. The summed E-state index contributed by atoms with van der Waals surface area (Å²) in [5, 5.41) is 0.0731. The van der Waals surface area contributed by atoms with Crippen molar-refractivity contribution in [3.63, 3.8) is 0 Å². The fourth-order valence-electron chi connectivity index (χ4n) is 2.57. The third-order valence-electron chi connectivity index (χ3n) is 3.55. The maximum atomic E-state index is 12.9. The number of hydrogen-bond donors (Lipinski definition) is 0. The van der Waals surface area contributed by atoms with Crippen molar-refractivity contribution in [2.75, 3.05) is 18.1 Å². The van der Waals surface area contributed by atoms with E-state index < -0.39 is 25.9 Å². The summed E-state index contributed by atoms with van der Waals surface area (Å²) in [6.07, 6.45) is 0.863. The van der Waals surface area contributed by atoms with E-state index in [0.717, 1.165) is 0 Å². The van der Waals surface area contributed by atoms with Gasteiger partial charge in [-0.15, -0.1) is 0 Å². The normalized spacial score (nSPS) is 21.4. The van der Waals surface area contributed by atoms with Crippen molar-refractivity contribution in [1.29, 1.82) is 0 Å². The molecule has 1 aromatic rings. The van der Waals surface area contributed by atoms with E-state index in [-0.39, 0.29) is 33.0 Å². The molecule has 1 aliphatic rings. The second-order valence-electron chi connectivity index (χ2n) is 5.22. The van der Waals surface area contributed by atoms with Gasteiger partial charge in [-0.2, -0.15) is 4.31 Å². The van der Waals surface area contributed by atoms with E-state index in [1.165, 1.54) is 16.4 Å². The van der Waals surface area contributed by atoms with E-state index in [1.807, 2.05) is 6.92 Å². The van der Waals surface area contributed by atoms with E-state index in [1.54, 1.807) is 6.07 Å². The van der Waals surface area contributed by atoms with Gasteiger partial charge in [0.25, 0.3) is 0 Å². The molecule has 1 heterocycles. The van der Waals surface area contributed by atoms with Crippen LogP contribution < -0.4 is 0 Å². The maximum Gasteiger partial charge on any atom is 0.246 e. The fourth-order valence-corrected chi connectivity index (χ4v) is 7.23. The number of hydrogen-bond acceptors (Lipinski definition) is 4. The van der Waals surface area contributed by atoms with Crippen LogP contribution in [0.5, 0.6) is 0 Å². The van der Waals surface area contributed by atoms with Crippen LogP contribution >= 0.6 is 23.2 Å². The van der Waals surface area contributed by atoms with Crippen molar-refractivity contribution in [2.45, 2.75) is 30.7 Å². The van der Waals surface area contributed by atoms with Crippen LogP contribution in [0, 0.1) is 0 Å². The Labute approximate surface area is 141 Å². The fraction of sp³-hybridized carbons (Fsp3) is 0.538. The van der Waals surface area contributed by atoms with Crippen molar-refractivity contribution >= 4 is 43.1 Å². The van der Waals surface area contributed by atoms with Crippen LogP contribution in [0.15, 0.2) is 23.1 Å². The van der Waals surface area contributed by atoms with Gasteiger partial charge in [0.1, 0.15) is 4.90 Å². The Balaban J connectivity index is 2.48. The molecule has 0 saturated carbocycles. The molecule has 1 aromatic carbocycles. The summed E-state index contributed by atoms with van der Waals surface area (Å²) in [5.74, 6) is -0.155. The summed E-state index contributed by atoms with van der Waals surface area (Å²) < 4.78 is 50.4. The maximum absolute atomic E-state index is 12.9. The average Bonchev–Trinajstić information content (AvgIpc) is 2.75. The molecule has 0 spiro atoms. The second kappa shape index (κ2) is 6.65. The van der Waals surface area contributed by atoms with Gasteiger partial charge < -0.3 is 0 Å². The Morgan fingerprint density at radius 2 is 1.86 bits per heavy atom. The molecule has 0 aliphatic carbocycles. The number of nitrogens with zero attached hydrogens (tertiary/aromatic N) is 1. The number of benzene rings is 1. The van der Waals surface area contributed by atoms with Gasteiger partial charge in [0, 0.05) is 12.6 Å². The zero-order valence-electron chi connectivity index (χ0n) is 12.0. The molecule has 1 saturated heterocycles. The van der Waals surface area contributed by atoms with Gasteiger partial charge in [-0.05, 0) is 25.0 Å². The smallest absolute Gasteiger partial charge is 0.229 e. The van der Waals surface area contributed by atoms with Crippen molar-refractivity contribution in [3.8, 4) is 0 Å². The Hall–Kier alpha value is -0.340. The highest BCUT2D eigenvalue weighted by atomic mass is 35.5. The highest BCUT2D eigenvalue weighted by Crippen LogP contribution is 2.34. The van der Waals surface area contributed by atoms with Crippen LogP contribution in [-0.4, -0.2) is 45.2 Å². The molecular weight excluding hydrogens is 369 g/mol. The molecule has 5 nitrogen and oxygen atoms in total. The molecule has 0 bridgehead atoms. The van der Waals surface area contributed by atoms with Crippen molar-refractivity contribution in [3.05, 3.63) is 28.2 Å². The lowest BCUT2D eigenvalue weighted by molar-refractivity contribution is 0.340. The minimum atomic E-state index is -3.95. The molecule has 0 radical (unpaired) electrons. The third kappa shape index (κ3) is 3.59. The van der Waals surface area contributed by atoms with E-state index in [4.69, 9.17) is 23.2 Å². The Bertz CT molecular complexity index is 742. The summed E-state index contributed by atoms with van der Waals surface area (Å²) in [5.41, 5.74) is 0. The van der Waals surface area contributed by atoms with Crippen LogP contribution in [0.4, 0.5) is 0 Å². The first-order valence-electron chi connectivity index (χ1n) is 6.85. The van der Waals surface area contributed by atoms with Crippen LogP contribution in [0.1, 0.15) is 19.8 Å². The number of sulfonamides is 1. The van der Waals surface area contributed by atoms with Crippen LogP contribution in [0.3, 0.4) is 0 Å². The molecule has 1 unspecified atom stereocenters. The number of sulfone groups is 1. The molecule has 0 N–H and O–H groups in total. The molecule has 124 valence electrons. The van der Waals surface area contributed by atoms with Crippen molar-refractivity contribution in [2.24, 2.45) is 0 Å². The second-order valence-corrected chi connectivity index (χ2v) is 10.1. The monoisotopic (exact) mass is 385 g/mol. The molecule has 0 amide bonds. The minimum absolute atomic E-state index is 0.00363. The van der Waals surface area contributed by atoms with E-state index in [2.05, 4.69) is 0 Å². The zero-order valence-corrected chi connectivity index (χ0v) is 15.1. The molecule has 0 aromatic heterocycles. The first-order chi connectivity index (χ1) is 10.2. The van der Waals surface area contributed by atoms with Gasteiger partial charge in [0.05, 0.1) is 21.6 Å². The predicted octanol–water partition coefficient (Wildman–Crippen LogP) is 2.58. The van der Waals surface area contributed by atoms with Gasteiger partial charge in [-0.3, -0.25) is 0 Å². The van der Waals surface area contributed by atoms with Crippen LogP contribution in [0.2, 0.25) is 10.0 Å². The molecule has 22 heavy (non-hydrogen) atoms. The highest BCUT2D eigenvalue weighted by Gasteiger charge is 2.39. The van der Waals surface area contributed by atoms with Crippen molar-refractivity contribution in [1.82, 2.24) is 4.31 Å². The average molecular weight is 386 g/mol. The van der Waals surface area contributed by atoms with Gasteiger partial charge >= 0.3 is 0 Å². The Kier molecular flexibility index (Phi) is 5.44. The summed E-state index contributed by atoms with van der Waals surface area (Å²) in [4.78, 5) is -0.156. The van der Waals surface area contributed by atoms with Gasteiger partial charge in [0.15, 0.2) is 9.84 Å². The first-order valence-corrected chi connectivity index (χ1v) is 10.9. The number of rotatable bonds is 5. The molecule has 1 fully saturated rings.